The summed E-state index contributed by atoms with van der Waals surface area (Å²) in [6.07, 6.45) is 0. The van der Waals surface area contributed by atoms with Crippen LogP contribution in [-0.4, -0.2) is 18.1 Å². The van der Waals surface area contributed by atoms with Gasteiger partial charge in [0.25, 0.3) is 5.91 Å². The Morgan fingerprint density at radius 3 is 2.70 bits per heavy atom. The number of aryl methyl sites for hydroxylation is 1. The summed E-state index contributed by atoms with van der Waals surface area (Å²) in [5.74, 6) is -0.261. The van der Waals surface area contributed by atoms with E-state index in [2.05, 4.69) is 0 Å². The van der Waals surface area contributed by atoms with E-state index in [1.54, 1.807) is 19.2 Å². The molecule has 104 valence electrons. The summed E-state index contributed by atoms with van der Waals surface area (Å²) in [4.78, 5) is 14.0. The van der Waals surface area contributed by atoms with E-state index in [1.165, 1.54) is 11.0 Å². The Labute approximate surface area is 118 Å². The van der Waals surface area contributed by atoms with E-state index in [-0.39, 0.29) is 11.7 Å². The van der Waals surface area contributed by atoms with Crippen molar-refractivity contribution in [3.05, 3.63) is 59.2 Å². The van der Waals surface area contributed by atoms with Gasteiger partial charge in [0.2, 0.25) is 0 Å². The van der Waals surface area contributed by atoms with E-state index in [4.69, 9.17) is 5.73 Å². The van der Waals surface area contributed by atoms with E-state index in [0.717, 1.165) is 16.8 Å². The Hall–Kier alpha value is -2.33. The lowest BCUT2D eigenvalue weighted by Crippen LogP contribution is -2.26. The Morgan fingerprint density at radius 2 is 2.00 bits per heavy atom. The third kappa shape index (κ3) is 2.81. The highest BCUT2D eigenvalue weighted by Crippen LogP contribution is 2.23. The van der Waals surface area contributed by atoms with Gasteiger partial charge in [0, 0.05) is 19.3 Å². The molecule has 0 unspecified atom stereocenters. The minimum Gasteiger partial charge on any atom is -0.507 e. The van der Waals surface area contributed by atoms with Crippen molar-refractivity contribution in [1.82, 2.24) is 0 Å². The van der Waals surface area contributed by atoms with Gasteiger partial charge in [0.15, 0.2) is 0 Å². The summed E-state index contributed by atoms with van der Waals surface area (Å²) in [7, 11) is 1.68. The molecule has 0 aromatic heterocycles. The number of amides is 1. The van der Waals surface area contributed by atoms with Gasteiger partial charge in [0.1, 0.15) is 5.75 Å². The average molecular weight is 270 g/mol. The van der Waals surface area contributed by atoms with Crippen molar-refractivity contribution in [2.75, 3.05) is 11.9 Å². The molecular formula is C16H18N2O2. The molecule has 4 heteroatoms. The normalized spacial score (nSPS) is 10.3. The van der Waals surface area contributed by atoms with Crippen molar-refractivity contribution in [2.24, 2.45) is 5.73 Å². The average Bonchev–Trinajstić information content (AvgIpc) is 2.48. The first-order valence-electron chi connectivity index (χ1n) is 6.39. The fraction of sp³-hybridized carbons (Fsp3) is 0.188. The first-order chi connectivity index (χ1) is 9.52. The van der Waals surface area contributed by atoms with E-state index in [9.17, 15) is 9.90 Å². The van der Waals surface area contributed by atoms with Crippen LogP contribution in [0.3, 0.4) is 0 Å². The Balaban J connectivity index is 2.34. The lowest BCUT2D eigenvalue weighted by atomic mass is 10.1. The number of anilines is 1. The van der Waals surface area contributed by atoms with Gasteiger partial charge in [-0.15, -0.1) is 0 Å². The number of carbonyl (C=O) groups is 1. The maximum Gasteiger partial charge on any atom is 0.261 e. The molecule has 0 saturated heterocycles. The van der Waals surface area contributed by atoms with Crippen LogP contribution in [-0.2, 0) is 6.54 Å². The molecule has 4 nitrogen and oxygen atoms in total. The highest BCUT2D eigenvalue weighted by atomic mass is 16.3. The third-order valence-corrected chi connectivity index (χ3v) is 3.22. The molecule has 0 heterocycles. The lowest BCUT2D eigenvalue weighted by Gasteiger charge is -2.19. The van der Waals surface area contributed by atoms with Crippen molar-refractivity contribution in [3.8, 4) is 5.75 Å². The summed E-state index contributed by atoms with van der Waals surface area (Å²) in [6.45, 7) is 2.30. The summed E-state index contributed by atoms with van der Waals surface area (Å²) < 4.78 is 0. The standard InChI is InChI=1S/C16H18N2O2/c1-11-6-7-15(19)14(8-11)16(20)18(2)13-5-3-4-12(9-13)10-17/h3-9,19H,10,17H2,1-2H3. The topological polar surface area (TPSA) is 66.6 Å². The van der Waals surface area contributed by atoms with Crippen molar-refractivity contribution in [1.29, 1.82) is 0 Å². The van der Waals surface area contributed by atoms with Crippen LogP contribution >= 0.6 is 0 Å². The second-order valence-electron chi connectivity index (χ2n) is 4.76. The van der Waals surface area contributed by atoms with Gasteiger partial charge in [-0.3, -0.25) is 4.79 Å². The number of nitrogens with zero attached hydrogens (tertiary/aromatic N) is 1. The van der Waals surface area contributed by atoms with Gasteiger partial charge in [-0.1, -0.05) is 23.8 Å². The fourth-order valence-electron chi connectivity index (χ4n) is 2.01. The summed E-state index contributed by atoms with van der Waals surface area (Å²) in [6, 6.07) is 12.5. The Bertz CT molecular complexity index is 638. The lowest BCUT2D eigenvalue weighted by molar-refractivity contribution is 0.0990. The number of hydrogen-bond acceptors (Lipinski definition) is 3. The first-order valence-corrected chi connectivity index (χ1v) is 6.39. The summed E-state index contributed by atoms with van der Waals surface area (Å²) in [5.41, 5.74) is 8.53. The molecule has 0 aliphatic heterocycles. The van der Waals surface area contributed by atoms with Crippen LogP contribution in [0.1, 0.15) is 21.5 Å². The van der Waals surface area contributed by atoms with Crippen LogP contribution in [0.15, 0.2) is 42.5 Å². The quantitative estimate of drug-likeness (QED) is 0.900. The molecule has 0 saturated carbocycles. The number of hydrogen-bond donors (Lipinski definition) is 2. The molecular weight excluding hydrogens is 252 g/mol. The monoisotopic (exact) mass is 270 g/mol. The molecule has 3 N–H and O–H groups in total. The highest BCUT2D eigenvalue weighted by molar-refractivity contribution is 6.07. The molecule has 0 aliphatic rings. The minimum atomic E-state index is -0.250. The largest absolute Gasteiger partial charge is 0.507 e. The number of phenolic OH excluding ortho intramolecular Hbond substituents is 1. The van der Waals surface area contributed by atoms with E-state index in [1.807, 2.05) is 31.2 Å². The molecule has 20 heavy (non-hydrogen) atoms. The van der Waals surface area contributed by atoms with Crippen molar-refractivity contribution >= 4 is 11.6 Å². The van der Waals surface area contributed by atoms with Gasteiger partial charge in [-0.25, -0.2) is 0 Å². The van der Waals surface area contributed by atoms with Crippen LogP contribution in [0.2, 0.25) is 0 Å². The number of rotatable bonds is 3. The Kier molecular flexibility index (Phi) is 4.05. The van der Waals surface area contributed by atoms with Crippen LogP contribution in [0.25, 0.3) is 0 Å². The van der Waals surface area contributed by atoms with Crippen LogP contribution < -0.4 is 10.6 Å². The molecule has 0 fully saturated rings. The summed E-state index contributed by atoms with van der Waals surface area (Å²) in [5, 5.41) is 9.83. The van der Waals surface area contributed by atoms with E-state index in [0.29, 0.717) is 12.1 Å². The van der Waals surface area contributed by atoms with Gasteiger partial charge in [0.05, 0.1) is 5.56 Å². The number of phenols is 1. The van der Waals surface area contributed by atoms with E-state index >= 15 is 0 Å². The second kappa shape index (κ2) is 5.75. The van der Waals surface area contributed by atoms with Crippen LogP contribution in [0.5, 0.6) is 5.75 Å². The maximum absolute atomic E-state index is 12.5. The SMILES string of the molecule is Cc1ccc(O)c(C(=O)N(C)c2cccc(CN)c2)c1. The highest BCUT2D eigenvalue weighted by Gasteiger charge is 2.17. The number of aromatic hydroxyl groups is 1. The fourth-order valence-corrected chi connectivity index (χ4v) is 2.01. The maximum atomic E-state index is 12.5. The van der Waals surface area contributed by atoms with Gasteiger partial charge < -0.3 is 15.7 Å². The van der Waals surface area contributed by atoms with Crippen LogP contribution in [0.4, 0.5) is 5.69 Å². The molecule has 2 aromatic carbocycles. The van der Waals surface area contributed by atoms with Gasteiger partial charge >= 0.3 is 0 Å². The Morgan fingerprint density at radius 1 is 1.25 bits per heavy atom. The predicted octanol–water partition coefficient (Wildman–Crippen LogP) is 2.44. The number of nitrogens with two attached hydrogens (primary N) is 1. The molecule has 1 amide bonds. The third-order valence-electron chi connectivity index (χ3n) is 3.22. The number of carbonyl (C=O) groups excluding carboxylic acids is 1. The second-order valence-corrected chi connectivity index (χ2v) is 4.76. The van der Waals surface area contributed by atoms with Crippen molar-refractivity contribution in [3.63, 3.8) is 0 Å². The minimum absolute atomic E-state index is 0.0116. The zero-order valence-corrected chi connectivity index (χ0v) is 11.6. The predicted molar refractivity (Wildman–Crippen MR) is 79.9 cm³/mol. The number of benzene rings is 2. The van der Waals surface area contributed by atoms with E-state index < -0.39 is 0 Å². The molecule has 2 aromatic rings. The molecule has 2 rings (SSSR count). The zero-order valence-electron chi connectivity index (χ0n) is 11.6. The molecule has 0 atom stereocenters. The van der Waals surface area contributed by atoms with Crippen LogP contribution in [0, 0.1) is 6.92 Å². The van der Waals surface area contributed by atoms with Gasteiger partial charge in [-0.05, 0) is 36.8 Å². The van der Waals surface area contributed by atoms with Crippen molar-refractivity contribution in [2.45, 2.75) is 13.5 Å². The van der Waals surface area contributed by atoms with Gasteiger partial charge in [-0.2, -0.15) is 0 Å². The molecule has 0 radical (unpaired) electrons. The smallest absolute Gasteiger partial charge is 0.261 e. The molecule has 0 aliphatic carbocycles. The molecule has 0 bridgehead atoms. The van der Waals surface area contributed by atoms with Crippen molar-refractivity contribution < 1.29 is 9.90 Å². The summed E-state index contributed by atoms with van der Waals surface area (Å²) >= 11 is 0. The first kappa shape index (κ1) is 14.1. The zero-order chi connectivity index (χ0) is 14.7. The molecule has 0 spiro atoms.